The van der Waals surface area contributed by atoms with Gasteiger partial charge in [-0.1, -0.05) is 24.3 Å². The van der Waals surface area contributed by atoms with Crippen LogP contribution >= 0.6 is 0 Å². The first kappa shape index (κ1) is 12.2. The molecule has 0 fully saturated rings. The molecule has 0 saturated carbocycles. The van der Waals surface area contributed by atoms with Crippen molar-refractivity contribution in [2.45, 2.75) is 19.4 Å². The Kier molecular flexibility index (Phi) is 2.99. The molecule has 0 aliphatic carbocycles. The minimum absolute atomic E-state index is 0.222. The number of rotatable bonds is 2. The van der Waals surface area contributed by atoms with E-state index in [2.05, 4.69) is 4.90 Å². The molecule has 0 aromatic heterocycles. The molecule has 0 spiro atoms. The fraction of sp³-hybridized carbons (Fsp3) is 0.250. The van der Waals surface area contributed by atoms with Gasteiger partial charge in [0, 0.05) is 23.5 Å². The molecular weight excluding hydrogens is 241 g/mol. The van der Waals surface area contributed by atoms with Crippen LogP contribution in [0.25, 0.3) is 0 Å². The van der Waals surface area contributed by atoms with Crippen LogP contribution in [0.2, 0.25) is 0 Å². The molecular formula is C16H16FNO. The van der Waals surface area contributed by atoms with Gasteiger partial charge in [0.15, 0.2) is 0 Å². The van der Waals surface area contributed by atoms with E-state index in [0.717, 1.165) is 35.5 Å². The van der Waals surface area contributed by atoms with Crippen molar-refractivity contribution >= 4 is 11.4 Å². The molecule has 0 amide bonds. The number of aliphatic hydroxyl groups excluding tert-OH is 1. The highest BCUT2D eigenvalue weighted by Crippen LogP contribution is 2.38. The van der Waals surface area contributed by atoms with Crippen LogP contribution in [0.15, 0.2) is 42.5 Å². The third-order valence-electron chi connectivity index (χ3n) is 3.62. The number of para-hydroxylation sites is 1. The number of halogens is 1. The minimum Gasteiger partial charge on any atom is -0.389 e. The van der Waals surface area contributed by atoms with Crippen LogP contribution < -0.4 is 4.90 Å². The largest absolute Gasteiger partial charge is 0.389 e. The van der Waals surface area contributed by atoms with Gasteiger partial charge in [-0.25, -0.2) is 4.39 Å². The smallest absolute Gasteiger partial charge is 0.125 e. The summed E-state index contributed by atoms with van der Waals surface area (Å²) < 4.78 is 13.4. The molecule has 2 aromatic rings. The fourth-order valence-corrected chi connectivity index (χ4v) is 2.69. The van der Waals surface area contributed by atoms with E-state index >= 15 is 0 Å². The highest BCUT2D eigenvalue weighted by Gasteiger charge is 2.23. The van der Waals surface area contributed by atoms with Gasteiger partial charge in [0.05, 0.1) is 6.10 Å². The van der Waals surface area contributed by atoms with Gasteiger partial charge in [0.1, 0.15) is 5.82 Å². The van der Waals surface area contributed by atoms with Crippen molar-refractivity contribution in [1.29, 1.82) is 0 Å². The van der Waals surface area contributed by atoms with Gasteiger partial charge in [0.2, 0.25) is 0 Å². The molecule has 0 radical (unpaired) electrons. The van der Waals surface area contributed by atoms with Crippen molar-refractivity contribution in [3.8, 4) is 0 Å². The second kappa shape index (κ2) is 4.67. The summed E-state index contributed by atoms with van der Waals surface area (Å²) in [6.07, 6.45) is 0.373. The van der Waals surface area contributed by atoms with Crippen LogP contribution in [0, 0.1) is 5.82 Å². The maximum atomic E-state index is 13.4. The number of nitrogens with zero attached hydrogens (tertiary/aromatic N) is 1. The summed E-state index contributed by atoms with van der Waals surface area (Å²) in [6.45, 7) is 2.57. The predicted molar refractivity (Wildman–Crippen MR) is 74.2 cm³/mol. The van der Waals surface area contributed by atoms with Gasteiger partial charge < -0.3 is 10.0 Å². The zero-order valence-corrected chi connectivity index (χ0v) is 10.8. The highest BCUT2D eigenvalue weighted by molar-refractivity contribution is 5.72. The van der Waals surface area contributed by atoms with Crippen LogP contribution in [0.5, 0.6) is 0 Å². The fourth-order valence-electron chi connectivity index (χ4n) is 2.69. The van der Waals surface area contributed by atoms with E-state index in [1.54, 1.807) is 13.0 Å². The SMILES string of the molecule is C[C@H](O)c1ccccc1N1CCc2ccc(F)cc21. The summed E-state index contributed by atoms with van der Waals surface area (Å²) in [6, 6.07) is 12.7. The third kappa shape index (κ3) is 2.10. The Hall–Kier alpha value is -1.87. The Bertz CT molecular complexity index is 609. The second-order valence-corrected chi connectivity index (χ2v) is 4.91. The van der Waals surface area contributed by atoms with E-state index in [4.69, 9.17) is 0 Å². The zero-order valence-electron chi connectivity index (χ0n) is 10.8. The topological polar surface area (TPSA) is 23.5 Å². The first-order chi connectivity index (χ1) is 9.16. The maximum Gasteiger partial charge on any atom is 0.125 e. The van der Waals surface area contributed by atoms with Crippen molar-refractivity contribution in [1.82, 2.24) is 0 Å². The molecule has 0 saturated heterocycles. The summed E-state index contributed by atoms with van der Waals surface area (Å²) >= 11 is 0. The Labute approximate surface area is 112 Å². The maximum absolute atomic E-state index is 13.4. The number of benzene rings is 2. The van der Waals surface area contributed by atoms with Gasteiger partial charge >= 0.3 is 0 Å². The lowest BCUT2D eigenvalue weighted by molar-refractivity contribution is 0.200. The minimum atomic E-state index is -0.534. The van der Waals surface area contributed by atoms with E-state index in [1.807, 2.05) is 30.3 Å². The monoisotopic (exact) mass is 257 g/mol. The molecule has 1 aliphatic heterocycles. The lowest BCUT2D eigenvalue weighted by atomic mass is 10.1. The third-order valence-corrected chi connectivity index (χ3v) is 3.62. The standard InChI is InChI=1S/C16H16FNO/c1-11(19)14-4-2-3-5-15(14)18-9-8-12-6-7-13(17)10-16(12)18/h2-7,10-11,19H,8-9H2,1H3/t11-/m0/s1. The van der Waals surface area contributed by atoms with Gasteiger partial charge in [-0.05, 0) is 37.1 Å². The Morgan fingerprint density at radius 1 is 1.16 bits per heavy atom. The van der Waals surface area contributed by atoms with E-state index in [-0.39, 0.29) is 5.82 Å². The van der Waals surface area contributed by atoms with Crippen molar-refractivity contribution in [2.75, 3.05) is 11.4 Å². The Balaban J connectivity index is 2.09. The molecule has 1 heterocycles. The van der Waals surface area contributed by atoms with Crippen molar-refractivity contribution in [3.05, 3.63) is 59.4 Å². The molecule has 0 unspecified atom stereocenters. The molecule has 1 N–H and O–H groups in total. The summed E-state index contributed by atoms with van der Waals surface area (Å²) in [5.41, 5.74) is 3.90. The average molecular weight is 257 g/mol. The van der Waals surface area contributed by atoms with Gasteiger partial charge in [0.25, 0.3) is 0 Å². The highest BCUT2D eigenvalue weighted by atomic mass is 19.1. The molecule has 98 valence electrons. The molecule has 1 aliphatic rings. The molecule has 3 heteroatoms. The summed E-state index contributed by atoms with van der Waals surface area (Å²) in [5, 5.41) is 9.87. The molecule has 0 bridgehead atoms. The normalized spacial score (nSPS) is 15.4. The average Bonchev–Trinajstić information content (AvgIpc) is 2.81. The van der Waals surface area contributed by atoms with Crippen LogP contribution in [-0.4, -0.2) is 11.7 Å². The predicted octanol–water partition coefficient (Wildman–Crippen LogP) is 3.57. The van der Waals surface area contributed by atoms with E-state index in [9.17, 15) is 9.50 Å². The Morgan fingerprint density at radius 3 is 2.74 bits per heavy atom. The van der Waals surface area contributed by atoms with Crippen molar-refractivity contribution < 1.29 is 9.50 Å². The van der Waals surface area contributed by atoms with Crippen molar-refractivity contribution in [3.63, 3.8) is 0 Å². The number of anilines is 2. The van der Waals surface area contributed by atoms with Crippen molar-refractivity contribution in [2.24, 2.45) is 0 Å². The quantitative estimate of drug-likeness (QED) is 0.889. The van der Waals surface area contributed by atoms with Gasteiger partial charge in [-0.15, -0.1) is 0 Å². The molecule has 19 heavy (non-hydrogen) atoms. The van der Waals surface area contributed by atoms with Crippen LogP contribution in [0.1, 0.15) is 24.2 Å². The van der Waals surface area contributed by atoms with E-state index < -0.39 is 6.10 Å². The van der Waals surface area contributed by atoms with Crippen LogP contribution in [0.4, 0.5) is 15.8 Å². The first-order valence-electron chi connectivity index (χ1n) is 6.50. The molecule has 2 aromatic carbocycles. The van der Waals surface area contributed by atoms with Crippen LogP contribution in [-0.2, 0) is 6.42 Å². The van der Waals surface area contributed by atoms with Crippen LogP contribution in [0.3, 0.4) is 0 Å². The number of aliphatic hydroxyl groups is 1. The summed E-state index contributed by atoms with van der Waals surface area (Å²) in [7, 11) is 0. The lowest BCUT2D eigenvalue weighted by Crippen LogP contribution is -2.16. The number of fused-ring (bicyclic) bond motifs is 1. The van der Waals surface area contributed by atoms with E-state index in [1.165, 1.54) is 6.07 Å². The number of hydrogen-bond donors (Lipinski definition) is 1. The second-order valence-electron chi connectivity index (χ2n) is 4.91. The number of hydrogen-bond acceptors (Lipinski definition) is 2. The lowest BCUT2D eigenvalue weighted by Gasteiger charge is -2.24. The first-order valence-corrected chi connectivity index (χ1v) is 6.50. The van der Waals surface area contributed by atoms with Gasteiger partial charge in [-0.3, -0.25) is 0 Å². The molecule has 3 rings (SSSR count). The Morgan fingerprint density at radius 2 is 1.95 bits per heavy atom. The summed E-state index contributed by atoms with van der Waals surface area (Å²) in [4.78, 5) is 2.08. The summed E-state index contributed by atoms with van der Waals surface area (Å²) in [5.74, 6) is -0.222. The molecule has 1 atom stereocenters. The van der Waals surface area contributed by atoms with E-state index in [0.29, 0.717) is 0 Å². The zero-order chi connectivity index (χ0) is 13.4. The molecule has 2 nitrogen and oxygen atoms in total. The van der Waals surface area contributed by atoms with Gasteiger partial charge in [-0.2, -0.15) is 0 Å².